The first kappa shape index (κ1) is 9.64. The SMILES string of the molecule is Cc1occc1C(=O)Cc1cn(C)nn1. The number of hydrogen-bond donors (Lipinski definition) is 0. The molecule has 0 aliphatic rings. The Hall–Kier alpha value is -1.91. The molecule has 0 radical (unpaired) electrons. The van der Waals surface area contributed by atoms with E-state index >= 15 is 0 Å². The van der Waals surface area contributed by atoms with E-state index in [9.17, 15) is 4.79 Å². The Morgan fingerprint density at radius 3 is 2.93 bits per heavy atom. The number of aryl methyl sites for hydroxylation is 2. The summed E-state index contributed by atoms with van der Waals surface area (Å²) in [5.41, 5.74) is 1.28. The molecule has 2 heterocycles. The van der Waals surface area contributed by atoms with E-state index in [1.807, 2.05) is 0 Å². The summed E-state index contributed by atoms with van der Waals surface area (Å²) in [5.74, 6) is 0.644. The zero-order chi connectivity index (χ0) is 10.8. The van der Waals surface area contributed by atoms with Crippen molar-refractivity contribution in [2.75, 3.05) is 0 Å². The lowest BCUT2D eigenvalue weighted by Crippen LogP contribution is -2.04. The highest BCUT2D eigenvalue weighted by Crippen LogP contribution is 2.11. The van der Waals surface area contributed by atoms with E-state index in [-0.39, 0.29) is 12.2 Å². The van der Waals surface area contributed by atoms with Crippen LogP contribution in [0.4, 0.5) is 0 Å². The Morgan fingerprint density at radius 2 is 2.40 bits per heavy atom. The molecule has 78 valence electrons. The summed E-state index contributed by atoms with van der Waals surface area (Å²) in [5, 5.41) is 7.62. The van der Waals surface area contributed by atoms with Gasteiger partial charge in [-0.1, -0.05) is 5.21 Å². The summed E-state index contributed by atoms with van der Waals surface area (Å²) in [4.78, 5) is 11.8. The molecule has 0 aromatic carbocycles. The van der Waals surface area contributed by atoms with Crippen LogP contribution in [0.5, 0.6) is 0 Å². The van der Waals surface area contributed by atoms with Gasteiger partial charge in [0.05, 0.1) is 23.9 Å². The molecule has 0 saturated carbocycles. The van der Waals surface area contributed by atoms with Gasteiger partial charge in [0.1, 0.15) is 5.76 Å². The van der Waals surface area contributed by atoms with Gasteiger partial charge in [-0.3, -0.25) is 9.48 Å². The van der Waals surface area contributed by atoms with Crippen LogP contribution in [-0.2, 0) is 13.5 Å². The fourth-order valence-corrected chi connectivity index (χ4v) is 1.41. The molecule has 0 aliphatic heterocycles. The van der Waals surface area contributed by atoms with Gasteiger partial charge in [0.2, 0.25) is 0 Å². The van der Waals surface area contributed by atoms with Crippen molar-refractivity contribution in [3.63, 3.8) is 0 Å². The molecule has 0 unspecified atom stereocenters. The first-order valence-electron chi connectivity index (χ1n) is 4.59. The molecule has 0 bridgehead atoms. The quantitative estimate of drug-likeness (QED) is 0.705. The van der Waals surface area contributed by atoms with Crippen LogP contribution in [0.2, 0.25) is 0 Å². The lowest BCUT2D eigenvalue weighted by Gasteiger charge is -1.94. The second kappa shape index (κ2) is 3.68. The molecule has 0 saturated heterocycles. The van der Waals surface area contributed by atoms with Crippen molar-refractivity contribution in [2.24, 2.45) is 7.05 Å². The van der Waals surface area contributed by atoms with E-state index in [2.05, 4.69) is 10.3 Å². The zero-order valence-electron chi connectivity index (χ0n) is 8.60. The number of rotatable bonds is 3. The molecule has 2 aromatic heterocycles. The highest BCUT2D eigenvalue weighted by molar-refractivity contribution is 5.98. The van der Waals surface area contributed by atoms with Crippen LogP contribution in [0.15, 0.2) is 22.9 Å². The molecule has 5 heteroatoms. The highest BCUT2D eigenvalue weighted by Gasteiger charge is 2.13. The van der Waals surface area contributed by atoms with Gasteiger partial charge in [0, 0.05) is 13.2 Å². The Labute approximate surface area is 86.7 Å². The second-order valence-corrected chi connectivity index (χ2v) is 3.37. The first-order valence-corrected chi connectivity index (χ1v) is 4.59. The van der Waals surface area contributed by atoms with Crippen molar-refractivity contribution in [2.45, 2.75) is 13.3 Å². The molecule has 0 amide bonds. The Morgan fingerprint density at radius 1 is 1.60 bits per heavy atom. The number of ketones is 1. The second-order valence-electron chi connectivity index (χ2n) is 3.37. The van der Waals surface area contributed by atoms with Crippen molar-refractivity contribution in [1.29, 1.82) is 0 Å². The summed E-state index contributed by atoms with van der Waals surface area (Å²) in [6.45, 7) is 1.77. The minimum absolute atomic E-state index is 0.00162. The summed E-state index contributed by atoms with van der Waals surface area (Å²) in [6.07, 6.45) is 3.50. The molecule has 2 rings (SSSR count). The fourth-order valence-electron chi connectivity index (χ4n) is 1.41. The molecule has 0 spiro atoms. The van der Waals surface area contributed by atoms with Crippen molar-refractivity contribution < 1.29 is 9.21 Å². The predicted molar refractivity (Wildman–Crippen MR) is 52.5 cm³/mol. The van der Waals surface area contributed by atoms with E-state index in [1.165, 1.54) is 6.26 Å². The molecule has 5 nitrogen and oxygen atoms in total. The van der Waals surface area contributed by atoms with Crippen molar-refractivity contribution in [3.8, 4) is 0 Å². The van der Waals surface area contributed by atoms with E-state index in [0.29, 0.717) is 17.0 Å². The molecular weight excluding hydrogens is 194 g/mol. The van der Waals surface area contributed by atoms with Gasteiger partial charge >= 0.3 is 0 Å². The van der Waals surface area contributed by atoms with E-state index in [4.69, 9.17) is 4.42 Å². The number of aromatic nitrogens is 3. The maximum Gasteiger partial charge on any atom is 0.172 e. The van der Waals surface area contributed by atoms with Crippen molar-refractivity contribution in [1.82, 2.24) is 15.0 Å². The summed E-state index contributed by atoms with van der Waals surface area (Å²) in [7, 11) is 1.77. The Kier molecular flexibility index (Phi) is 2.37. The van der Waals surface area contributed by atoms with Crippen LogP contribution in [0.25, 0.3) is 0 Å². The van der Waals surface area contributed by atoms with Crippen molar-refractivity contribution >= 4 is 5.78 Å². The third kappa shape index (κ3) is 1.96. The van der Waals surface area contributed by atoms with Gasteiger partial charge in [-0.2, -0.15) is 0 Å². The fraction of sp³-hybridized carbons (Fsp3) is 0.300. The van der Waals surface area contributed by atoms with Gasteiger partial charge in [0.15, 0.2) is 5.78 Å². The van der Waals surface area contributed by atoms with Gasteiger partial charge in [-0.05, 0) is 13.0 Å². The Bertz CT molecular complexity index is 484. The third-order valence-corrected chi connectivity index (χ3v) is 2.15. The normalized spacial score (nSPS) is 10.5. The standard InChI is InChI=1S/C10H11N3O2/c1-7-9(3-4-15-7)10(14)5-8-6-13(2)12-11-8/h3-4,6H,5H2,1-2H3. The summed E-state index contributed by atoms with van der Waals surface area (Å²) in [6, 6.07) is 1.67. The van der Waals surface area contributed by atoms with Crippen LogP contribution in [-0.4, -0.2) is 20.8 Å². The lowest BCUT2D eigenvalue weighted by molar-refractivity contribution is 0.0990. The van der Waals surface area contributed by atoms with Crippen LogP contribution in [0.3, 0.4) is 0 Å². The molecule has 0 aliphatic carbocycles. The van der Waals surface area contributed by atoms with Crippen molar-refractivity contribution in [3.05, 3.63) is 35.5 Å². The number of nitrogens with zero attached hydrogens (tertiary/aromatic N) is 3. The first-order chi connectivity index (χ1) is 7.16. The average molecular weight is 205 g/mol. The van der Waals surface area contributed by atoms with Gasteiger partial charge in [-0.25, -0.2) is 0 Å². The maximum atomic E-state index is 11.8. The van der Waals surface area contributed by atoms with E-state index in [1.54, 1.807) is 30.9 Å². The van der Waals surface area contributed by atoms with E-state index in [0.717, 1.165) is 0 Å². The molecule has 0 fully saturated rings. The molecule has 0 atom stereocenters. The van der Waals surface area contributed by atoms with Crippen LogP contribution in [0.1, 0.15) is 21.8 Å². The molecule has 2 aromatic rings. The number of Topliss-reactive ketones (excluding diaryl/α,β-unsaturated/α-hetero) is 1. The van der Waals surface area contributed by atoms with E-state index < -0.39 is 0 Å². The number of furan rings is 1. The molecular formula is C10H11N3O2. The lowest BCUT2D eigenvalue weighted by atomic mass is 10.1. The van der Waals surface area contributed by atoms with Gasteiger partial charge < -0.3 is 4.42 Å². The number of carbonyl (C=O) groups excluding carboxylic acids is 1. The summed E-state index contributed by atoms with van der Waals surface area (Å²) < 4.78 is 6.64. The number of hydrogen-bond acceptors (Lipinski definition) is 4. The number of carbonyl (C=O) groups is 1. The predicted octanol–water partition coefficient (Wildman–Crippen LogP) is 1.14. The maximum absolute atomic E-state index is 11.8. The van der Waals surface area contributed by atoms with Gasteiger partial charge in [-0.15, -0.1) is 5.10 Å². The van der Waals surface area contributed by atoms with Gasteiger partial charge in [0.25, 0.3) is 0 Å². The minimum atomic E-state index is 0.00162. The molecule has 0 N–H and O–H groups in total. The smallest absolute Gasteiger partial charge is 0.172 e. The van der Waals surface area contributed by atoms with Crippen LogP contribution < -0.4 is 0 Å². The topological polar surface area (TPSA) is 60.9 Å². The van der Waals surface area contributed by atoms with Crippen LogP contribution >= 0.6 is 0 Å². The average Bonchev–Trinajstić information content (AvgIpc) is 2.75. The zero-order valence-corrected chi connectivity index (χ0v) is 8.60. The van der Waals surface area contributed by atoms with Crippen LogP contribution in [0, 0.1) is 6.92 Å². The molecule has 15 heavy (non-hydrogen) atoms. The third-order valence-electron chi connectivity index (χ3n) is 2.15. The minimum Gasteiger partial charge on any atom is -0.469 e. The summed E-state index contributed by atoms with van der Waals surface area (Å²) >= 11 is 0. The monoisotopic (exact) mass is 205 g/mol. The largest absolute Gasteiger partial charge is 0.469 e. The highest BCUT2D eigenvalue weighted by atomic mass is 16.3. The Balaban J connectivity index is 2.14.